The molecule has 0 aliphatic carbocycles. The van der Waals surface area contributed by atoms with Crippen molar-refractivity contribution < 1.29 is 9.59 Å². The maximum Gasteiger partial charge on any atom is 0.234 e. The average Bonchev–Trinajstić information content (AvgIpc) is 2.46. The first-order valence-electron chi connectivity index (χ1n) is 7.18. The van der Waals surface area contributed by atoms with E-state index in [-0.39, 0.29) is 24.3 Å². The van der Waals surface area contributed by atoms with Crippen molar-refractivity contribution in [2.24, 2.45) is 11.7 Å². The summed E-state index contributed by atoms with van der Waals surface area (Å²) in [7, 11) is 0. The molecule has 7 heteroatoms. The van der Waals surface area contributed by atoms with Crippen molar-refractivity contribution in [1.29, 1.82) is 0 Å². The molecule has 2 rings (SSSR count). The highest BCUT2D eigenvalue weighted by atomic mass is 35.5. The minimum absolute atomic E-state index is 0.101. The van der Waals surface area contributed by atoms with Crippen LogP contribution in [0.4, 0.5) is 0 Å². The van der Waals surface area contributed by atoms with Gasteiger partial charge in [0.2, 0.25) is 11.8 Å². The first-order chi connectivity index (χ1) is 10.5. The van der Waals surface area contributed by atoms with Crippen LogP contribution in [0.1, 0.15) is 18.4 Å². The van der Waals surface area contributed by atoms with Crippen LogP contribution in [0.5, 0.6) is 0 Å². The van der Waals surface area contributed by atoms with Crippen molar-refractivity contribution in [3.05, 3.63) is 33.8 Å². The van der Waals surface area contributed by atoms with Gasteiger partial charge in [-0.3, -0.25) is 14.5 Å². The number of nitrogens with one attached hydrogen (secondary N) is 1. The van der Waals surface area contributed by atoms with Gasteiger partial charge in [-0.15, -0.1) is 0 Å². The Kier molecular flexibility index (Phi) is 6.06. The van der Waals surface area contributed by atoms with Crippen LogP contribution < -0.4 is 11.1 Å². The SMILES string of the molecule is NC(=O)[C@@H]1CCCN(CC(=O)NCc2ccc(Cl)cc2Cl)C1. The Morgan fingerprint density at radius 3 is 2.82 bits per heavy atom. The van der Waals surface area contributed by atoms with Crippen LogP contribution in [0, 0.1) is 5.92 Å². The van der Waals surface area contributed by atoms with Crippen molar-refractivity contribution in [3.63, 3.8) is 0 Å². The number of benzene rings is 1. The molecule has 1 saturated heterocycles. The van der Waals surface area contributed by atoms with Gasteiger partial charge in [0.1, 0.15) is 0 Å². The highest BCUT2D eigenvalue weighted by Gasteiger charge is 2.24. The van der Waals surface area contributed by atoms with E-state index in [1.807, 2.05) is 4.90 Å². The summed E-state index contributed by atoms with van der Waals surface area (Å²) in [6.07, 6.45) is 1.68. The van der Waals surface area contributed by atoms with Gasteiger partial charge in [-0.25, -0.2) is 0 Å². The molecule has 1 aromatic rings. The zero-order valence-corrected chi connectivity index (χ0v) is 13.7. The number of nitrogens with zero attached hydrogens (tertiary/aromatic N) is 1. The number of hydrogen-bond acceptors (Lipinski definition) is 3. The molecule has 1 aromatic carbocycles. The van der Waals surface area contributed by atoms with Crippen LogP contribution in [0.3, 0.4) is 0 Å². The van der Waals surface area contributed by atoms with Crippen LogP contribution >= 0.6 is 23.2 Å². The molecule has 3 N–H and O–H groups in total. The molecule has 0 bridgehead atoms. The normalized spacial score (nSPS) is 18.9. The molecule has 0 aromatic heterocycles. The fraction of sp³-hybridized carbons (Fsp3) is 0.467. The summed E-state index contributed by atoms with van der Waals surface area (Å²) in [6, 6.07) is 5.17. The second kappa shape index (κ2) is 7.81. The van der Waals surface area contributed by atoms with Crippen LogP contribution in [-0.2, 0) is 16.1 Å². The van der Waals surface area contributed by atoms with E-state index >= 15 is 0 Å². The Morgan fingerprint density at radius 1 is 1.36 bits per heavy atom. The molecule has 1 atom stereocenters. The molecule has 1 heterocycles. The highest BCUT2D eigenvalue weighted by molar-refractivity contribution is 6.35. The van der Waals surface area contributed by atoms with E-state index in [1.54, 1.807) is 18.2 Å². The largest absolute Gasteiger partial charge is 0.369 e. The number of carbonyl (C=O) groups is 2. The van der Waals surface area contributed by atoms with Crippen LogP contribution in [0.2, 0.25) is 10.0 Å². The molecule has 0 spiro atoms. The molecule has 2 amide bonds. The lowest BCUT2D eigenvalue weighted by atomic mass is 9.97. The highest BCUT2D eigenvalue weighted by Crippen LogP contribution is 2.20. The molecule has 0 radical (unpaired) electrons. The lowest BCUT2D eigenvalue weighted by Gasteiger charge is -2.30. The van der Waals surface area contributed by atoms with Gasteiger partial charge >= 0.3 is 0 Å². The summed E-state index contributed by atoms with van der Waals surface area (Å²) in [4.78, 5) is 25.2. The van der Waals surface area contributed by atoms with Crippen LogP contribution in [0.25, 0.3) is 0 Å². The molecule has 0 saturated carbocycles. The number of piperidine rings is 1. The van der Waals surface area contributed by atoms with E-state index in [0.717, 1.165) is 24.9 Å². The molecule has 1 fully saturated rings. The molecule has 0 unspecified atom stereocenters. The fourth-order valence-electron chi connectivity index (χ4n) is 2.55. The second-order valence-electron chi connectivity index (χ2n) is 5.49. The summed E-state index contributed by atoms with van der Waals surface area (Å²) in [5.41, 5.74) is 6.15. The maximum absolute atomic E-state index is 12.0. The third-order valence-electron chi connectivity index (χ3n) is 3.77. The predicted molar refractivity (Wildman–Crippen MR) is 86.7 cm³/mol. The van der Waals surface area contributed by atoms with Gasteiger partial charge in [0, 0.05) is 23.1 Å². The lowest BCUT2D eigenvalue weighted by molar-refractivity contribution is -0.126. The van der Waals surface area contributed by atoms with E-state index in [2.05, 4.69) is 5.32 Å². The first-order valence-corrected chi connectivity index (χ1v) is 7.93. The number of amides is 2. The topological polar surface area (TPSA) is 75.4 Å². The van der Waals surface area contributed by atoms with E-state index in [4.69, 9.17) is 28.9 Å². The van der Waals surface area contributed by atoms with Gasteiger partial charge in [0.25, 0.3) is 0 Å². The monoisotopic (exact) mass is 343 g/mol. The lowest BCUT2D eigenvalue weighted by Crippen LogP contribution is -2.45. The summed E-state index contributed by atoms with van der Waals surface area (Å²) >= 11 is 11.9. The Balaban J connectivity index is 1.81. The molecular formula is C15H19Cl2N3O2. The predicted octanol–water partition coefficient (Wildman–Crippen LogP) is 1.81. The summed E-state index contributed by atoms with van der Waals surface area (Å²) < 4.78 is 0. The van der Waals surface area contributed by atoms with E-state index < -0.39 is 0 Å². The average molecular weight is 344 g/mol. The smallest absolute Gasteiger partial charge is 0.234 e. The Hall–Kier alpha value is -1.30. The molecular weight excluding hydrogens is 325 g/mol. The summed E-state index contributed by atoms with van der Waals surface area (Å²) in [6.45, 7) is 1.96. The number of hydrogen-bond donors (Lipinski definition) is 2. The quantitative estimate of drug-likeness (QED) is 0.855. The molecule has 22 heavy (non-hydrogen) atoms. The number of nitrogens with two attached hydrogens (primary N) is 1. The van der Waals surface area contributed by atoms with Crippen molar-refractivity contribution in [2.75, 3.05) is 19.6 Å². The Labute approximate surface area is 139 Å². The van der Waals surface area contributed by atoms with E-state index in [0.29, 0.717) is 23.1 Å². The number of carbonyl (C=O) groups excluding carboxylic acids is 2. The standard InChI is InChI=1S/C15H19Cl2N3O2/c16-12-4-3-10(13(17)6-12)7-19-14(21)9-20-5-1-2-11(8-20)15(18)22/h3-4,6,11H,1-2,5,7-9H2,(H2,18,22)(H,19,21)/t11-/m1/s1. The van der Waals surface area contributed by atoms with Gasteiger partial charge in [-0.2, -0.15) is 0 Å². The molecule has 1 aliphatic rings. The Bertz CT molecular complexity index is 566. The number of rotatable bonds is 5. The second-order valence-corrected chi connectivity index (χ2v) is 6.33. The minimum atomic E-state index is -0.293. The zero-order chi connectivity index (χ0) is 16.1. The molecule has 1 aliphatic heterocycles. The number of primary amides is 1. The van der Waals surface area contributed by atoms with Crippen molar-refractivity contribution in [3.8, 4) is 0 Å². The van der Waals surface area contributed by atoms with E-state index in [9.17, 15) is 9.59 Å². The van der Waals surface area contributed by atoms with Crippen molar-refractivity contribution >= 4 is 35.0 Å². The van der Waals surface area contributed by atoms with Gasteiger partial charge in [0.05, 0.1) is 12.5 Å². The van der Waals surface area contributed by atoms with Crippen LogP contribution in [0.15, 0.2) is 18.2 Å². The summed E-state index contributed by atoms with van der Waals surface area (Å²) in [5.74, 6) is -0.554. The molecule has 5 nitrogen and oxygen atoms in total. The van der Waals surface area contributed by atoms with Crippen molar-refractivity contribution in [1.82, 2.24) is 10.2 Å². The molecule has 120 valence electrons. The third kappa shape index (κ3) is 4.87. The van der Waals surface area contributed by atoms with Crippen molar-refractivity contribution in [2.45, 2.75) is 19.4 Å². The van der Waals surface area contributed by atoms with Gasteiger partial charge < -0.3 is 11.1 Å². The van der Waals surface area contributed by atoms with Gasteiger partial charge in [-0.05, 0) is 37.1 Å². The third-order valence-corrected chi connectivity index (χ3v) is 4.35. The zero-order valence-electron chi connectivity index (χ0n) is 12.1. The maximum atomic E-state index is 12.0. The Morgan fingerprint density at radius 2 is 2.14 bits per heavy atom. The minimum Gasteiger partial charge on any atom is -0.369 e. The van der Waals surface area contributed by atoms with Gasteiger partial charge in [0.15, 0.2) is 0 Å². The van der Waals surface area contributed by atoms with Gasteiger partial charge in [-0.1, -0.05) is 29.3 Å². The first kappa shape index (κ1) is 17.1. The van der Waals surface area contributed by atoms with E-state index in [1.165, 1.54) is 0 Å². The number of likely N-dealkylation sites (tertiary alicyclic amines) is 1. The van der Waals surface area contributed by atoms with Crippen LogP contribution in [-0.4, -0.2) is 36.3 Å². The number of halogens is 2. The summed E-state index contributed by atoms with van der Waals surface area (Å²) in [5, 5.41) is 3.91. The fourth-order valence-corrected chi connectivity index (χ4v) is 3.02.